The molecule has 0 spiro atoms. The molecule has 0 aliphatic rings. The molecule has 3 rings (SSSR count). The largest absolute Gasteiger partial charge is 0.477 e. The molecule has 0 amide bonds. The van der Waals surface area contributed by atoms with Crippen LogP contribution in [0.3, 0.4) is 0 Å². The minimum atomic E-state index is -1.02. The minimum Gasteiger partial charge on any atom is -0.477 e. The molecule has 0 atom stereocenters. The van der Waals surface area contributed by atoms with E-state index in [9.17, 15) is 4.79 Å². The molecule has 0 saturated carbocycles. The van der Waals surface area contributed by atoms with Gasteiger partial charge in [-0.15, -0.1) is 11.3 Å². The summed E-state index contributed by atoms with van der Waals surface area (Å²) in [4.78, 5) is 19.9. The van der Waals surface area contributed by atoms with E-state index in [1.165, 1.54) is 22.7 Å². The lowest BCUT2D eigenvalue weighted by Gasteiger charge is -2.03. The highest BCUT2D eigenvalue weighted by molar-refractivity contribution is 7.99. The standard InChI is InChI=1S/C13H8N2O2S2/c16-13(17)10-7-8(1-4-14-10)19-12-9-3-6-18-11(9)2-5-15-12/h1-7H,(H,16,17). The van der Waals surface area contributed by atoms with E-state index in [2.05, 4.69) is 9.97 Å². The molecule has 3 aromatic heterocycles. The molecule has 19 heavy (non-hydrogen) atoms. The quantitative estimate of drug-likeness (QED) is 0.798. The van der Waals surface area contributed by atoms with Crippen LogP contribution in [0.1, 0.15) is 10.5 Å². The van der Waals surface area contributed by atoms with Crippen molar-refractivity contribution in [3.63, 3.8) is 0 Å². The van der Waals surface area contributed by atoms with Crippen molar-refractivity contribution in [3.05, 3.63) is 47.7 Å². The van der Waals surface area contributed by atoms with Gasteiger partial charge in [0.2, 0.25) is 0 Å². The highest BCUT2D eigenvalue weighted by Crippen LogP contribution is 2.33. The SMILES string of the molecule is O=C(O)c1cc(Sc2nccc3sccc23)ccn1. The van der Waals surface area contributed by atoms with Gasteiger partial charge in [0.05, 0.1) is 0 Å². The second-order valence-electron chi connectivity index (χ2n) is 3.73. The predicted octanol–water partition coefficient (Wildman–Crippen LogP) is 3.54. The summed E-state index contributed by atoms with van der Waals surface area (Å²) in [5.41, 5.74) is 0.0440. The molecule has 0 saturated heterocycles. The Kier molecular flexibility index (Phi) is 3.18. The number of fused-ring (bicyclic) bond motifs is 1. The summed E-state index contributed by atoms with van der Waals surface area (Å²) in [7, 11) is 0. The normalized spacial score (nSPS) is 10.7. The zero-order chi connectivity index (χ0) is 13.2. The van der Waals surface area contributed by atoms with E-state index < -0.39 is 5.97 Å². The van der Waals surface area contributed by atoms with Gasteiger partial charge in [-0.1, -0.05) is 11.8 Å². The molecule has 0 fully saturated rings. The predicted molar refractivity (Wildman–Crippen MR) is 74.9 cm³/mol. The van der Waals surface area contributed by atoms with E-state index >= 15 is 0 Å². The van der Waals surface area contributed by atoms with E-state index in [1.807, 2.05) is 17.5 Å². The minimum absolute atomic E-state index is 0.0440. The summed E-state index contributed by atoms with van der Waals surface area (Å²) in [6.45, 7) is 0. The van der Waals surface area contributed by atoms with Crippen LogP contribution in [0.2, 0.25) is 0 Å². The maximum atomic E-state index is 10.9. The van der Waals surface area contributed by atoms with Gasteiger partial charge in [-0.2, -0.15) is 0 Å². The Hall–Kier alpha value is -1.92. The molecule has 0 unspecified atom stereocenters. The molecule has 6 heteroatoms. The number of thiophene rings is 1. The Balaban J connectivity index is 1.99. The number of nitrogens with zero attached hydrogens (tertiary/aromatic N) is 2. The molecule has 3 aromatic rings. The van der Waals surface area contributed by atoms with E-state index in [4.69, 9.17) is 5.11 Å². The van der Waals surface area contributed by atoms with E-state index in [1.54, 1.807) is 29.7 Å². The van der Waals surface area contributed by atoms with Crippen LogP contribution < -0.4 is 0 Å². The summed E-state index contributed by atoms with van der Waals surface area (Å²) < 4.78 is 1.17. The monoisotopic (exact) mass is 288 g/mol. The maximum Gasteiger partial charge on any atom is 0.354 e. The first-order valence-corrected chi connectivity index (χ1v) is 7.13. The number of carboxylic acids is 1. The molecule has 1 N–H and O–H groups in total. The highest BCUT2D eigenvalue weighted by Gasteiger charge is 2.09. The van der Waals surface area contributed by atoms with Crippen molar-refractivity contribution < 1.29 is 9.90 Å². The van der Waals surface area contributed by atoms with Crippen molar-refractivity contribution >= 4 is 39.2 Å². The van der Waals surface area contributed by atoms with Gasteiger partial charge < -0.3 is 5.11 Å². The summed E-state index contributed by atoms with van der Waals surface area (Å²) in [6, 6.07) is 7.33. The number of hydrogen-bond acceptors (Lipinski definition) is 5. The summed E-state index contributed by atoms with van der Waals surface area (Å²) in [5.74, 6) is -1.02. The van der Waals surface area contributed by atoms with Gasteiger partial charge >= 0.3 is 5.97 Å². The fraction of sp³-hybridized carbons (Fsp3) is 0. The zero-order valence-corrected chi connectivity index (χ0v) is 11.2. The third-order valence-corrected chi connectivity index (χ3v) is 4.40. The van der Waals surface area contributed by atoms with Crippen LogP contribution in [0.15, 0.2) is 52.0 Å². The lowest BCUT2D eigenvalue weighted by Crippen LogP contribution is -1.99. The molecule has 0 aliphatic heterocycles. The first kappa shape index (κ1) is 12.1. The number of carboxylic acid groups (broad SMARTS) is 1. The van der Waals surface area contributed by atoms with Crippen molar-refractivity contribution in [1.82, 2.24) is 9.97 Å². The van der Waals surface area contributed by atoms with Crippen molar-refractivity contribution in [3.8, 4) is 0 Å². The molecule has 4 nitrogen and oxygen atoms in total. The Labute approximate surface area is 117 Å². The molecule has 0 radical (unpaired) electrons. The second-order valence-corrected chi connectivity index (χ2v) is 5.74. The number of rotatable bonds is 3. The van der Waals surface area contributed by atoms with Crippen molar-refractivity contribution in [2.45, 2.75) is 9.92 Å². The smallest absolute Gasteiger partial charge is 0.354 e. The van der Waals surface area contributed by atoms with Crippen LogP contribution in [0.25, 0.3) is 10.1 Å². The Morgan fingerprint density at radius 1 is 1.21 bits per heavy atom. The molecule has 0 bridgehead atoms. The third-order valence-electron chi connectivity index (χ3n) is 2.51. The lowest BCUT2D eigenvalue weighted by molar-refractivity contribution is 0.0690. The van der Waals surface area contributed by atoms with Crippen LogP contribution in [0.5, 0.6) is 0 Å². The molecule has 0 aliphatic carbocycles. The Bertz CT molecular complexity index is 755. The van der Waals surface area contributed by atoms with Crippen molar-refractivity contribution in [1.29, 1.82) is 0 Å². The third kappa shape index (κ3) is 2.45. The zero-order valence-electron chi connectivity index (χ0n) is 9.61. The molecular weight excluding hydrogens is 280 g/mol. The van der Waals surface area contributed by atoms with Crippen LogP contribution in [0.4, 0.5) is 0 Å². The Morgan fingerprint density at radius 3 is 2.89 bits per heavy atom. The molecule has 3 heterocycles. The summed E-state index contributed by atoms with van der Waals surface area (Å²) in [6.07, 6.45) is 3.26. The fourth-order valence-corrected chi connectivity index (χ4v) is 3.42. The Morgan fingerprint density at radius 2 is 2.05 bits per heavy atom. The van der Waals surface area contributed by atoms with Gasteiger partial charge in [0, 0.05) is 27.4 Å². The van der Waals surface area contributed by atoms with Gasteiger partial charge in [-0.3, -0.25) is 0 Å². The number of hydrogen-bond donors (Lipinski definition) is 1. The molecule has 0 aromatic carbocycles. The van der Waals surface area contributed by atoms with Crippen LogP contribution in [-0.4, -0.2) is 21.0 Å². The van der Waals surface area contributed by atoms with Gasteiger partial charge in [-0.25, -0.2) is 14.8 Å². The van der Waals surface area contributed by atoms with Gasteiger partial charge in [0.25, 0.3) is 0 Å². The van der Waals surface area contributed by atoms with Gasteiger partial charge in [-0.05, 0) is 29.6 Å². The topological polar surface area (TPSA) is 63.1 Å². The van der Waals surface area contributed by atoms with E-state index in [0.717, 1.165) is 15.3 Å². The first-order chi connectivity index (χ1) is 9.24. The molecule has 94 valence electrons. The highest BCUT2D eigenvalue weighted by atomic mass is 32.2. The molecular formula is C13H8N2O2S2. The summed E-state index contributed by atoms with van der Waals surface area (Å²) in [5, 5.41) is 12.9. The average molecular weight is 288 g/mol. The first-order valence-electron chi connectivity index (χ1n) is 5.43. The number of aromatic carboxylic acids is 1. The van der Waals surface area contributed by atoms with E-state index in [-0.39, 0.29) is 5.69 Å². The fourth-order valence-electron chi connectivity index (χ4n) is 1.65. The van der Waals surface area contributed by atoms with Crippen LogP contribution >= 0.6 is 23.1 Å². The van der Waals surface area contributed by atoms with Crippen LogP contribution in [-0.2, 0) is 0 Å². The van der Waals surface area contributed by atoms with Gasteiger partial charge in [0.15, 0.2) is 0 Å². The average Bonchev–Trinajstić information content (AvgIpc) is 2.88. The van der Waals surface area contributed by atoms with E-state index in [0.29, 0.717) is 0 Å². The lowest BCUT2D eigenvalue weighted by atomic mass is 10.3. The number of pyridine rings is 2. The van der Waals surface area contributed by atoms with Crippen LogP contribution in [0, 0.1) is 0 Å². The maximum absolute atomic E-state index is 10.9. The van der Waals surface area contributed by atoms with Gasteiger partial charge in [0.1, 0.15) is 10.7 Å². The number of carbonyl (C=O) groups is 1. The number of aromatic nitrogens is 2. The summed E-state index contributed by atoms with van der Waals surface area (Å²) >= 11 is 3.11. The second kappa shape index (κ2) is 4.99. The van der Waals surface area contributed by atoms with Crippen molar-refractivity contribution in [2.24, 2.45) is 0 Å². The van der Waals surface area contributed by atoms with Crippen molar-refractivity contribution in [2.75, 3.05) is 0 Å².